The summed E-state index contributed by atoms with van der Waals surface area (Å²) in [6.45, 7) is 6.22. The Balaban J connectivity index is 1.77. The van der Waals surface area contributed by atoms with Gasteiger partial charge in [-0.25, -0.2) is 12.4 Å². The number of fused-ring (bicyclic) bond motifs is 1. The molecule has 1 unspecified atom stereocenters. The molecule has 0 aliphatic carbocycles. The fourth-order valence-corrected chi connectivity index (χ4v) is 6.18. The number of furan rings is 1. The predicted octanol–water partition coefficient (Wildman–Crippen LogP) is 6.34. The molecule has 188 valence electrons. The second kappa shape index (κ2) is 9.75. The Hall–Kier alpha value is -4.10. The van der Waals surface area contributed by atoms with Crippen molar-refractivity contribution in [3.05, 3.63) is 125 Å². The summed E-state index contributed by atoms with van der Waals surface area (Å²) >= 11 is 0. The molecule has 6 nitrogen and oxygen atoms in total. The van der Waals surface area contributed by atoms with Crippen LogP contribution in [0.5, 0.6) is 0 Å². The molecule has 0 fully saturated rings. The number of benzene rings is 3. The predicted molar refractivity (Wildman–Crippen MR) is 144 cm³/mol. The molecule has 0 N–H and O–H groups in total. The van der Waals surface area contributed by atoms with E-state index in [0.717, 1.165) is 27.6 Å². The molecule has 0 aliphatic rings. The first-order chi connectivity index (χ1) is 17.8. The number of carbonyl (C=O) groups excluding carboxylic acids is 1. The van der Waals surface area contributed by atoms with E-state index in [1.54, 1.807) is 53.6 Å². The van der Waals surface area contributed by atoms with Gasteiger partial charge in [0.15, 0.2) is 5.76 Å². The standard InChI is InChI=1S/C30H28N2O4S/c1-4-31(30(33)28-14-9-19-36-28)29(24-11-6-5-10-22(24)3)26-20-32(27-13-8-7-12-25(26)27)37(34,35)23-17-15-21(2)16-18-23/h5-20,29H,4H2,1-3H3. The zero-order valence-electron chi connectivity index (χ0n) is 21.0. The van der Waals surface area contributed by atoms with E-state index in [1.807, 2.05) is 63.2 Å². The van der Waals surface area contributed by atoms with Crippen LogP contribution in [-0.2, 0) is 10.0 Å². The molecule has 0 bridgehead atoms. The van der Waals surface area contributed by atoms with Gasteiger partial charge in [-0.3, -0.25) is 4.79 Å². The third-order valence-corrected chi connectivity index (χ3v) is 8.40. The molecule has 0 saturated heterocycles. The number of para-hydroxylation sites is 1. The molecule has 1 amide bonds. The lowest BCUT2D eigenvalue weighted by atomic mass is 9.93. The molecule has 2 heterocycles. The van der Waals surface area contributed by atoms with E-state index in [1.165, 1.54) is 10.2 Å². The van der Waals surface area contributed by atoms with Crippen molar-refractivity contribution < 1.29 is 17.6 Å². The maximum absolute atomic E-state index is 13.8. The summed E-state index contributed by atoms with van der Waals surface area (Å²) in [6.07, 6.45) is 3.14. The van der Waals surface area contributed by atoms with Crippen molar-refractivity contribution in [1.82, 2.24) is 8.87 Å². The molecule has 7 heteroatoms. The van der Waals surface area contributed by atoms with Gasteiger partial charge >= 0.3 is 0 Å². The molecule has 1 atom stereocenters. The van der Waals surface area contributed by atoms with Gasteiger partial charge in [-0.2, -0.15) is 0 Å². The van der Waals surface area contributed by atoms with Crippen molar-refractivity contribution in [3.63, 3.8) is 0 Å². The zero-order valence-corrected chi connectivity index (χ0v) is 21.8. The number of nitrogens with zero attached hydrogens (tertiary/aromatic N) is 2. The highest BCUT2D eigenvalue weighted by atomic mass is 32.2. The van der Waals surface area contributed by atoms with Crippen molar-refractivity contribution in [2.75, 3.05) is 6.54 Å². The Labute approximate surface area is 216 Å². The van der Waals surface area contributed by atoms with Gasteiger partial charge < -0.3 is 9.32 Å². The summed E-state index contributed by atoms with van der Waals surface area (Å²) in [5.41, 5.74) is 4.17. The first-order valence-corrected chi connectivity index (χ1v) is 13.6. The summed E-state index contributed by atoms with van der Waals surface area (Å²) in [4.78, 5) is 15.6. The average molecular weight is 513 g/mol. The average Bonchev–Trinajstić information content (AvgIpc) is 3.57. The molecule has 0 spiro atoms. The van der Waals surface area contributed by atoms with E-state index in [4.69, 9.17) is 4.42 Å². The van der Waals surface area contributed by atoms with Crippen LogP contribution in [0.2, 0.25) is 0 Å². The Bertz CT molecular complexity index is 1670. The molecule has 3 aromatic carbocycles. The topological polar surface area (TPSA) is 72.5 Å². The highest BCUT2D eigenvalue weighted by Crippen LogP contribution is 2.38. The Morgan fingerprint density at radius 3 is 2.27 bits per heavy atom. The smallest absolute Gasteiger partial charge is 0.290 e. The minimum Gasteiger partial charge on any atom is -0.459 e. The zero-order chi connectivity index (χ0) is 26.2. The summed E-state index contributed by atoms with van der Waals surface area (Å²) < 4.78 is 34.4. The third-order valence-electron chi connectivity index (χ3n) is 6.71. The lowest BCUT2D eigenvalue weighted by molar-refractivity contribution is 0.0685. The summed E-state index contributed by atoms with van der Waals surface area (Å²) in [6, 6.07) is 24.9. The highest BCUT2D eigenvalue weighted by Gasteiger charge is 2.32. The molecule has 37 heavy (non-hydrogen) atoms. The normalized spacial score (nSPS) is 12.5. The van der Waals surface area contributed by atoms with Gasteiger partial charge in [0.05, 0.1) is 22.7 Å². The van der Waals surface area contributed by atoms with E-state index >= 15 is 0 Å². The number of hydrogen-bond donors (Lipinski definition) is 0. The number of amides is 1. The van der Waals surface area contributed by atoms with E-state index in [0.29, 0.717) is 12.1 Å². The van der Waals surface area contributed by atoms with E-state index in [9.17, 15) is 13.2 Å². The molecule has 0 aliphatic heterocycles. The minimum absolute atomic E-state index is 0.205. The monoisotopic (exact) mass is 512 g/mol. The maximum atomic E-state index is 13.8. The number of hydrogen-bond acceptors (Lipinski definition) is 4. The second-order valence-corrected chi connectivity index (χ2v) is 10.9. The summed E-state index contributed by atoms with van der Waals surface area (Å²) in [5.74, 6) is -0.0320. The SMILES string of the molecule is CCN(C(=O)c1ccco1)C(c1ccccc1C)c1cn(S(=O)(=O)c2ccc(C)cc2)c2ccccc12. The van der Waals surface area contributed by atoms with Crippen molar-refractivity contribution in [1.29, 1.82) is 0 Å². The van der Waals surface area contributed by atoms with E-state index < -0.39 is 16.1 Å². The lowest BCUT2D eigenvalue weighted by Gasteiger charge is -2.31. The van der Waals surface area contributed by atoms with Crippen LogP contribution in [0.4, 0.5) is 0 Å². The highest BCUT2D eigenvalue weighted by molar-refractivity contribution is 7.90. The van der Waals surface area contributed by atoms with Gasteiger partial charge in [0.1, 0.15) is 0 Å². The van der Waals surface area contributed by atoms with Crippen molar-refractivity contribution >= 4 is 26.8 Å². The Morgan fingerprint density at radius 1 is 0.892 bits per heavy atom. The second-order valence-electron chi connectivity index (χ2n) is 9.04. The van der Waals surface area contributed by atoms with Crippen LogP contribution in [0.15, 0.2) is 107 Å². The van der Waals surface area contributed by atoms with Crippen molar-refractivity contribution in [3.8, 4) is 0 Å². The molecular weight excluding hydrogens is 484 g/mol. The molecule has 2 aromatic heterocycles. The molecule has 0 radical (unpaired) electrons. The number of carbonyl (C=O) groups is 1. The minimum atomic E-state index is -3.89. The maximum Gasteiger partial charge on any atom is 0.290 e. The van der Waals surface area contributed by atoms with Gasteiger partial charge in [-0.05, 0) is 62.2 Å². The number of aryl methyl sites for hydroxylation is 2. The van der Waals surface area contributed by atoms with Gasteiger partial charge in [0.2, 0.25) is 0 Å². The van der Waals surface area contributed by atoms with Crippen LogP contribution in [-0.4, -0.2) is 29.7 Å². The van der Waals surface area contributed by atoms with Crippen molar-refractivity contribution in [2.45, 2.75) is 31.7 Å². The number of rotatable bonds is 7. The van der Waals surface area contributed by atoms with Gasteiger partial charge in [-0.1, -0.05) is 60.2 Å². The Kier molecular flexibility index (Phi) is 6.48. The van der Waals surface area contributed by atoms with Gasteiger partial charge in [-0.15, -0.1) is 0 Å². The first-order valence-electron chi connectivity index (χ1n) is 12.1. The van der Waals surface area contributed by atoms with Crippen LogP contribution in [0, 0.1) is 13.8 Å². The van der Waals surface area contributed by atoms with E-state index in [-0.39, 0.29) is 16.6 Å². The van der Waals surface area contributed by atoms with Crippen molar-refractivity contribution in [2.24, 2.45) is 0 Å². The third kappa shape index (κ3) is 4.36. The molecular formula is C30H28N2O4S. The quantitative estimate of drug-likeness (QED) is 0.255. The molecule has 5 aromatic rings. The van der Waals surface area contributed by atoms with Crippen LogP contribution in [0.3, 0.4) is 0 Å². The van der Waals surface area contributed by atoms with Crippen LogP contribution in [0.25, 0.3) is 10.9 Å². The lowest BCUT2D eigenvalue weighted by Crippen LogP contribution is -2.35. The molecule has 0 saturated carbocycles. The number of aromatic nitrogens is 1. The summed E-state index contributed by atoms with van der Waals surface area (Å²) in [7, 11) is -3.89. The Morgan fingerprint density at radius 2 is 1.59 bits per heavy atom. The van der Waals surface area contributed by atoms with Crippen LogP contribution < -0.4 is 0 Å². The fraction of sp³-hybridized carbons (Fsp3) is 0.167. The largest absolute Gasteiger partial charge is 0.459 e. The van der Waals surface area contributed by atoms with E-state index in [2.05, 4.69) is 0 Å². The van der Waals surface area contributed by atoms with Crippen LogP contribution in [0.1, 0.15) is 45.8 Å². The first kappa shape index (κ1) is 24.6. The van der Waals surface area contributed by atoms with Gasteiger partial charge in [0, 0.05) is 23.7 Å². The molecule has 5 rings (SSSR count). The summed E-state index contributed by atoms with van der Waals surface area (Å²) in [5, 5.41) is 0.761. The van der Waals surface area contributed by atoms with Gasteiger partial charge in [0.25, 0.3) is 15.9 Å². The van der Waals surface area contributed by atoms with Crippen LogP contribution >= 0.6 is 0 Å². The fourth-order valence-electron chi connectivity index (χ4n) is 4.80.